The monoisotopic (exact) mass is 519 g/mol. The summed E-state index contributed by atoms with van der Waals surface area (Å²) in [6, 6.07) is 8.29. The topological polar surface area (TPSA) is 82.5 Å². The Morgan fingerprint density at radius 2 is 1.80 bits per heavy atom. The number of Topliss-reactive ketones (excluding diaryl/α,β-unsaturated/α-hetero) is 1. The van der Waals surface area contributed by atoms with Crippen molar-refractivity contribution in [3.05, 3.63) is 52.9 Å². The largest absolute Gasteiger partial charge is 0.504 e. The molecule has 1 heterocycles. The van der Waals surface area contributed by atoms with E-state index in [9.17, 15) is 19.1 Å². The third-order valence-electron chi connectivity index (χ3n) is 6.46. The second kappa shape index (κ2) is 10.8. The molecule has 35 heavy (non-hydrogen) atoms. The summed E-state index contributed by atoms with van der Waals surface area (Å²) in [6.07, 6.45) is 4.76. The molecule has 1 aromatic heterocycles. The molecule has 1 saturated carbocycles. The summed E-state index contributed by atoms with van der Waals surface area (Å²) in [5.41, 5.74) is 3.04. The Balaban J connectivity index is 0.00000342. The van der Waals surface area contributed by atoms with Gasteiger partial charge in [0.15, 0.2) is 17.3 Å². The fourth-order valence-electron chi connectivity index (χ4n) is 4.58. The highest BCUT2D eigenvalue weighted by Crippen LogP contribution is 2.36. The Hall–Kier alpha value is -2.90. The third kappa shape index (κ3) is 5.52. The average Bonchev–Trinajstić information content (AvgIpc) is 2.81. The van der Waals surface area contributed by atoms with Crippen LogP contribution in [0.4, 0.5) is 10.1 Å². The molecule has 1 aliphatic rings. The molecule has 9 heteroatoms. The molecule has 6 nitrogen and oxygen atoms in total. The molecule has 1 amide bonds. The van der Waals surface area contributed by atoms with Crippen LogP contribution in [0, 0.1) is 11.7 Å². The van der Waals surface area contributed by atoms with Crippen LogP contribution >= 0.6 is 24.0 Å². The number of amides is 1. The minimum absolute atomic E-state index is 0. The summed E-state index contributed by atoms with van der Waals surface area (Å²) in [5.74, 6) is -1.33. The van der Waals surface area contributed by atoms with Gasteiger partial charge in [-0.2, -0.15) is 0 Å². The molecule has 0 radical (unpaired) electrons. The highest BCUT2D eigenvalue weighted by molar-refractivity contribution is 6.32. The maximum absolute atomic E-state index is 14.1. The summed E-state index contributed by atoms with van der Waals surface area (Å²) in [5, 5.41) is 13.9. The maximum atomic E-state index is 14.1. The Kier molecular flexibility index (Phi) is 8.23. The van der Waals surface area contributed by atoms with E-state index >= 15 is 0 Å². The van der Waals surface area contributed by atoms with Crippen LogP contribution in [0.1, 0.15) is 43.0 Å². The maximum Gasteiger partial charge on any atom is 0.225 e. The molecule has 0 atom stereocenters. The van der Waals surface area contributed by atoms with Crippen molar-refractivity contribution < 1.29 is 19.1 Å². The molecular formula is C26H28Cl2FN3O3. The number of phenols is 1. The number of halogens is 3. The van der Waals surface area contributed by atoms with Gasteiger partial charge in [-0.25, -0.2) is 4.39 Å². The first kappa shape index (κ1) is 26.7. The van der Waals surface area contributed by atoms with Crippen molar-refractivity contribution in [3.63, 3.8) is 0 Å². The SMILES string of the molecule is CC(=O)c1cnc2ccc(-c3cc(F)c(O)c(Cl)c3)cc2c1NC1CCC(C(=O)N(C)C)CC1.Cl. The predicted octanol–water partition coefficient (Wildman–Crippen LogP) is 6.08. The zero-order valence-electron chi connectivity index (χ0n) is 19.8. The van der Waals surface area contributed by atoms with E-state index in [2.05, 4.69) is 10.3 Å². The smallest absolute Gasteiger partial charge is 0.225 e. The molecule has 0 saturated heterocycles. The first-order valence-electron chi connectivity index (χ1n) is 11.3. The van der Waals surface area contributed by atoms with Crippen LogP contribution in [0.15, 0.2) is 36.5 Å². The van der Waals surface area contributed by atoms with Crippen LogP contribution in [-0.4, -0.2) is 46.8 Å². The van der Waals surface area contributed by atoms with Crippen molar-refractivity contribution in [1.82, 2.24) is 9.88 Å². The van der Waals surface area contributed by atoms with E-state index in [0.29, 0.717) is 27.9 Å². The van der Waals surface area contributed by atoms with Gasteiger partial charge in [-0.3, -0.25) is 14.6 Å². The van der Waals surface area contributed by atoms with Crippen molar-refractivity contribution >= 4 is 52.3 Å². The number of hydrogen-bond donors (Lipinski definition) is 2. The number of nitrogens with zero attached hydrogens (tertiary/aromatic N) is 2. The van der Waals surface area contributed by atoms with E-state index in [-0.39, 0.29) is 41.1 Å². The molecule has 3 aromatic rings. The number of nitrogens with one attached hydrogen (secondary N) is 1. The Morgan fingerprint density at radius 3 is 2.40 bits per heavy atom. The van der Waals surface area contributed by atoms with Crippen LogP contribution in [0.25, 0.3) is 22.0 Å². The number of fused-ring (bicyclic) bond motifs is 1. The minimum Gasteiger partial charge on any atom is -0.504 e. The van der Waals surface area contributed by atoms with E-state index in [1.54, 1.807) is 31.3 Å². The van der Waals surface area contributed by atoms with Crippen molar-refractivity contribution in [2.45, 2.75) is 38.6 Å². The van der Waals surface area contributed by atoms with Crippen LogP contribution in [0.5, 0.6) is 5.75 Å². The highest BCUT2D eigenvalue weighted by atomic mass is 35.5. The number of pyridine rings is 1. The number of carbonyl (C=O) groups is 2. The van der Waals surface area contributed by atoms with Gasteiger partial charge < -0.3 is 15.3 Å². The number of aromatic nitrogens is 1. The van der Waals surface area contributed by atoms with Crippen molar-refractivity contribution in [1.29, 1.82) is 0 Å². The number of benzene rings is 2. The number of ketones is 1. The lowest BCUT2D eigenvalue weighted by Gasteiger charge is -2.31. The molecule has 0 aliphatic heterocycles. The van der Waals surface area contributed by atoms with E-state index < -0.39 is 11.6 Å². The van der Waals surface area contributed by atoms with Gasteiger partial charge in [0.2, 0.25) is 5.91 Å². The standard InChI is InChI=1S/C26H27ClFN3O3.ClH/c1-14(32)20-13-29-23-9-6-16(17-11-21(27)25(33)22(28)12-17)10-19(23)24(20)30-18-7-4-15(5-8-18)26(34)31(2)3;/h6,9-13,15,18,33H,4-5,7-8H2,1-3H3,(H,29,30);1H. The Bertz CT molecular complexity index is 1250. The zero-order chi connectivity index (χ0) is 24.6. The van der Waals surface area contributed by atoms with E-state index in [4.69, 9.17) is 11.6 Å². The highest BCUT2D eigenvalue weighted by Gasteiger charge is 2.28. The number of rotatable bonds is 5. The summed E-state index contributed by atoms with van der Waals surface area (Å²) in [6.45, 7) is 1.50. The van der Waals surface area contributed by atoms with Gasteiger partial charge in [0.25, 0.3) is 0 Å². The van der Waals surface area contributed by atoms with Gasteiger partial charge in [-0.1, -0.05) is 17.7 Å². The van der Waals surface area contributed by atoms with Gasteiger partial charge in [-0.15, -0.1) is 12.4 Å². The van der Waals surface area contributed by atoms with E-state index in [1.165, 1.54) is 19.1 Å². The van der Waals surface area contributed by atoms with Gasteiger partial charge >= 0.3 is 0 Å². The normalized spacial score (nSPS) is 17.5. The lowest BCUT2D eigenvalue weighted by molar-refractivity contribution is -0.133. The van der Waals surface area contributed by atoms with Gasteiger partial charge in [0.1, 0.15) is 0 Å². The quantitative estimate of drug-likeness (QED) is 0.399. The summed E-state index contributed by atoms with van der Waals surface area (Å²) < 4.78 is 14.1. The fraction of sp³-hybridized carbons (Fsp3) is 0.346. The van der Waals surface area contributed by atoms with Crippen LogP contribution < -0.4 is 5.32 Å². The van der Waals surface area contributed by atoms with E-state index in [0.717, 1.165) is 31.1 Å². The number of phenolic OH excluding ortho intramolecular Hbond substituents is 1. The first-order valence-corrected chi connectivity index (χ1v) is 11.6. The van der Waals surface area contributed by atoms with Crippen molar-refractivity contribution in [2.75, 3.05) is 19.4 Å². The van der Waals surface area contributed by atoms with Crippen molar-refractivity contribution in [3.8, 4) is 16.9 Å². The molecular weight excluding hydrogens is 492 g/mol. The second-order valence-corrected chi connectivity index (χ2v) is 9.46. The van der Waals surface area contributed by atoms with Gasteiger partial charge in [-0.05, 0) is 68.0 Å². The van der Waals surface area contributed by atoms with Crippen LogP contribution in [0.2, 0.25) is 5.02 Å². The third-order valence-corrected chi connectivity index (χ3v) is 6.75. The molecule has 1 aliphatic carbocycles. The number of carbonyl (C=O) groups excluding carboxylic acids is 2. The number of hydrogen-bond acceptors (Lipinski definition) is 5. The molecule has 0 unspecified atom stereocenters. The van der Waals surface area contributed by atoms with Gasteiger partial charge in [0.05, 0.1) is 21.8 Å². The predicted molar refractivity (Wildman–Crippen MR) is 139 cm³/mol. The summed E-state index contributed by atoms with van der Waals surface area (Å²) in [4.78, 5) is 30.8. The second-order valence-electron chi connectivity index (χ2n) is 9.05. The van der Waals surface area contributed by atoms with Crippen LogP contribution in [0.3, 0.4) is 0 Å². The van der Waals surface area contributed by atoms with Crippen LogP contribution in [-0.2, 0) is 4.79 Å². The number of anilines is 1. The first-order chi connectivity index (χ1) is 16.2. The Labute approximate surface area is 214 Å². The Morgan fingerprint density at radius 1 is 1.11 bits per heavy atom. The molecule has 2 aromatic carbocycles. The minimum atomic E-state index is -0.805. The average molecular weight is 520 g/mol. The summed E-state index contributed by atoms with van der Waals surface area (Å²) >= 11 is 5.98. The molecule has 0 spiro atoms. The lowest BCUT2D eigenvalue weighted by atomic mass is 9.85. The fourth-order valence-corrected chi connectivity index (χ4v) is 4.79. The molecule has 1 fully saturated rings. The van der Waals surface area contributed by atoms with E-state index in [1.807, 2.05) is 12.1 Å². The van der Waals surface area contributed by atoms with Gasteiger partial charge in [0, 0.05) is 37.6 Å². The molecule has 4 rings (SSSR count). The molecule has 186 valence electrons. The zero-order valence-corrected chi connectivity index (χ0v) is 21.3. The summed E-state index contributed by atoms with van der Waals surface area (Å²) in [7, 11) is 3.55. The molecule has 2 N–H and O–H groups in total. The molecule has 0 bridgehead atoms. The van der Waals surface area contributed by atoms with Crippen molar-refractivity contribution in [2.24, 2.45) is 5.92 Å². The lowest BCUT2D eigenvalue weighted by Crippen LogP contribution is -2.35. The number of aromatic hydroxyl groups is 1.